The fourth-order valence-corrected chi connectivity index (χ4v) is 2.84. The minimum atomic E-state index is -0.520. The molecule has 0 N–H and O–H groups in total. The van der Waals surface area contributed by atoms with Crippen LogP contribution >= 0.6 is 0 Å². The number of carbonyl (C=O) groups excluding carboxylic acids is 2. The van der Waals surface area contributed by atoms with E-state index in [1.807, 2.05) is 38.1 Å². The van der Waals surface area contributed by atoms with E-state index in [0.717, 1.165) is 11.1 Å². The zero-order chi connectivity index (χ0) is 21.5. The van der Waals surface area contributed by atoms with Crippen molar-refractivity contribution >= 4 is 23.9 Å². The molecule has 0 spiro atoms. The lowest BCUT2D eigenvalue weighted by atomic mass is 10.1. The summed E-state index contributed by atoms with van der Waals surface area (Å²) in [6.07, 6.45) is 1.62. The summed E-state index contributed by atoms with van der Waals surface area (Å²) in [6.45, 7) is 5.98. The summed E-state index contributed by atoms with van der Waals surface area (Å²) >= 11 is 0. The number of aliphatic imine (C=N–C) groups is 1. The number of hydrogen-bond acceptors (Lipinski definition) is 7. The molecule has 0 saturated carbocycles. The number of benzene rings is 2. The first kappa shape index (κ1) is 21.1. The Bertz CT molecular complexity index is 1010. The van der Waals surface area contributed by atoms with Crippen LogP contribution in [0.1, 0.15) is 30.5 Å². The molecule has 0 aromatic heterocycles. The predicted octanol–water partition coefficient (Wildman–Crippen LogP) is 3.68. The van der Waals surface area contributed by atoms with E-state index in [-0.39, 0.29) is 24.8 Å². The number of ether oxygens (including phenoxy) is 4. The van der Waals surface area contributed by atoms with Crippen molar-refractivity contribution in [2.24, 2.45) is 4.99 Å². The van der Waals surface area contributed by atoms with Crippen LogP contribution in [-0.2, 0) is 19.1 Å². The minimum Gasteiger partial charge on any atom is -0.490 e. The number of esters is 2. The van der Waals surface area contributed by atoms with Crippen molar-refractivity contribution in [2.75, 3.05) is 19.8 Å². The Morgan fingerprint density at radius 1 is 1.07 bits per heavy atom. The molecule has 0 saturated heterocycles. The third kappa shape index (κ3) is 5.05. The minimum absolute atomic E-state index is 0.191. The highest BCUT2D eigenvalue weighted by Gasteiger charge is 2.25. The molecular weight excluding hydrogens is 386 g/mol. The Hall–Kier alpha value is -3.61. The van der Waals surface area contributed by atoms with Crippen molar-refractivity contribution < 1.29 is 28.5 Å². The van der Waals surface area contributed by atoms with Crippen molar-refractivity contribution in [3.8, 4) is 11.5 Å². The molecule has 7 heteroatoms. The highest BCUT2D eigenvalue weighted by atomic mass is 16.6. The van der Waals surface area contributed by atoms with Crippen molar-refractivity contribution in [1.82, 2.24) is 0 Å². The van der Waals surface area contributed by atoms with Gasteiger partial charge in [-0.2, -0.15) is 0 Å². The highest BCUT2D eigenvalue weighted by molar-refractivity contribution is 6.13. The van der Waals surface area contributed by atoms with Crippen LogP contribution < -0.4 is 9.47 Å². The van der Waals surface area contributed by atoms with Gasteiger partial charge in [0, 0.05) is 5.56 Å². The molecule has 1 aliphatic heterocycles. The molecule has 1 aliphatic rings. The van der Waals surface area contributed by atoms with E-state index in [4.69, 9.17) is 18.9 Å². The van der Waals surface area contributed by atoms with Gasteiger partial charge in [0.2, 0.25) is 5.90 Å². The topological polar surface area (TPSA) is 83.4 Å². The first-order chi connectivity index (χ1) is 14.5. The van der Waals surface area contributed by atoms with Crippen LogP contribution in [0.3, 0.4) is 0 Å². The van der Waals surface area contributed by atoms with Gasteiger partial charge in [-0.1, -0.05) is 24.3 Å². The summed E-state index contributed by atoms with van der Waals surface area (Å²) in [5.41, 5.74) is 2.61. The SMILES string of the molecule is CCOC(=O)COc1ccc(/C=C2\N=C(c3ccccc3C)OC2=O)cc1OCC. The van der Waals surface area contributed by atoms with Gasteiger partial charge in [-0.15, -0.1) is 0 Å². The van der Waals surface area contributed by atoms with E-state index < -0.39 is 11.9 Å². The van der Waals surface area contributed by atoms with Crippen LogP contribution in [0.25, 0.3) is 6.08 Å². The zero-order valence-corrected chi connectivity index (χ0v) is 17.1. The lowest BCUT2D eigenvalue weighted by Crippen LogP contribution is -2.15. The number of rotatable bonds is 8. The van der Waals surface area contributed by atoms with Gasteiger partial charge in [0.1, 0.15) is 0 Å². The molecule has 0 fully saturated rings. The Morgan fingerprint density at radius 3 is 2.60 bits per heavy atom. The molecule has 2 aromatic carbocycles. The summed E-state index contributed by atoms with van der Waals surface area (Å²) < 4.78 is 21.3. The maximum Gasteiger partial charge on any atom is 0.363 e. The van der Waals surface area contributed by atoms with Crippen molar-refractivity contribution in [2.45, 2.75) is 20.8 Å². The number of cyclic esters (lactones) is 1. The van der Waals surface area contributed by atoms with E-state index >= 15 is 0 Å². The Morgan fingerprint density at radius 2 is 1.87 bits per heavy atom. The maximum atomic E-state index is 12.3. The Labute approximate surface area is 174 Å². The van der Waals surface area contributed by atoms with Crippen molar-refractivity contribution in [1.29, 1.82) is 0 Å². The lowest BCUT2D eigenvalue weighted by molar-refractivity contribution is -0.145. The average Bonchev–Trinajstić information content (AvgIpc) is 3.08. The number of nitrogens with zero attached hydrogens (tertiary/aromatic N) is 1. The number of hydrogen-bond donors (Lipinski definition) is 0. The van der Waals surface area contributed by atoms with Crippen LogP contribution in [0.2, 0.25) is 0 Å². The second-order valence-corrected chi connectivity index (χ2v) is 6.38. The van der Waals surface area contributed by atoms with E-state index in [9.17, 15) is 9.59 Å². The molecular formula is C23H23NO6. The predicted molar refractivity (Wildman–Crippen MR) is 112 cm³/mol. The third-order valence-electron chi connectivity index (χ3n) is 4.22. The second-order valence-electron chi connectivity index (χ2n) is 6.38. The molecule has 0 amide bonds. The smallest absolute Gasteiger partial charge is 0.363 e. The quantitative estimate of drug-likeness (QED) is 0.489. The van der Waals surface area contributed by atoms with Gasteiger partial charge in [0.05, 0.1) is 13.2 Å². The molecule has 0 atom stereocenters. The Balaban J connectivity index is 1.84. The van der Waals surface area contributed by atoms with Crippen LogP contribution in [0.5, 0.6) is 11.5 Å². The van der Waals surface area contributed by atoms with Gasteiger partial charge in [0.15, 0.2) is 23.8 Å². The van der Waals surface area contributed by atoms with Crippen molar-refractivity contribution in [3.63, 3.8) is 0 Å². The van der Waals surface area contributed by atoms with Crippen LogP contribution in [-0.4, -0.2) is 37.7 Å². The fraction of sp³-hybridized carbons (Fsp3) is 0.261. The Kier molecular flexibility index (Phi) is 6.85. The van der Waals surface area contributed by atoms with Gasteiger partial charge in [0.25, 0.3) is 0 Å². The van der Waals surface area contributed by atoms with Gasteiger partial charge in [-0.05, 0) is 56.2 Å². The number of carbonyl (C=O) groups is 2. The molecule has 0 aliphatic carbocycles. The summed E-state index contributed by atoms with van der Waals surface area (Å²) in [7, 11) is 0. The van der Waals surface area contributed by atoms with E-state index in [2.05, 4.69) is 4.99 Å². The van der Waals surface area contributed by atoms with E-state index in [1.165, 1.54) is 0 Å². The second kappa shape index (κ2) is 9.73. The summed E-state index contributed by atoms with van der Waals surface area (Å²) in [6, 6.07) is 12.7. The molecule has 0 unspecified atom stereocenters. The lowest BCUT2D eigenvalue weighted by Gasteiger charge is -2.12. The first-order valence-corrected chi connectivity index (χ1v) is 9.65. The normalized spacial score (nSPS) is 14.3. The maximum absolute atomic E-state index is 12.3. The van der Waals surface area contributed by atoms with Gasteiger partial charge in [-0.3, -0.25) is 0 Å². The third-order valence-corrected chi connectivity index (χ3v) is 4.22. The summed E-state index contributed by atoms with van der Waals surface area (Å²) in [4.78, 5) is 28.2. The molecule has 30 heavy (non-hydrogen) atoms. The highest BCUT2D eigenvalue weighted by Crippen LogP contribution is 2.30. The van der Waals surface area contributed by atoms with E-state index in [0.29, 0.717) is 23.7 Å². The summed E-state index contributed by atoms with van der Waals surface area (Å²) in [5, 5.41) is 0. The first-order valence-electron chi connectivity index (χ1n) is 9.65. The molecule has 2 aromatic rings. The van der Waals surface area contributed by atoms with E-state index in [1.54, 1.807) is 31.2 Å². The van der Waals surface area contributed by atoms with Crippen LogP contribution in [0.4, 0.5) is 0 Å². The van der Waals surface area contributed by atoms with Crippen LogP contribution in [0.15, 0.2) is 53.2 Å². The molecule has 156 valence electrons. The average molecular weight is 409 g/mol. The largest absolute Gasteiger partial charge is 0.490 e. The molecule has 3 rings (SSSR count). The van der Waals surface area contributed by atoms with Gasteiger partial charge in [-0.25, -0.2) is 14.6 Å². The summed E-state index contributed by atoms with van der Waals surface area (Å²) in [5.74, 6) is 0.159. The molecule has 1 heterocycles. The molecule has 0 radical (unpaired) electrons. The van der Waals surface area contributed by atoms with Gasteiger partial charge < -0.3 is 18.9 Å². The van der Waals surface area contributed by atoms with Crippen LogP contribution in [0, 0.1) is 6.92 Å². The van der Waals surface area contributed by atoms with Crippen molar-refractivity contribution in [3.05, 3.63) is 64.9 Å². The molecule has 0 bridgehead atoms. The monoisotopic (exact) mass is 409 g/mol. The van der Waals surface area contributed by atoms with Gasteiger partial charge >= 0.3 is 11.9 Å². The fourth-order valence-electron chi connectivity index (χ4n) is 2.84. The standard InChI is InChI=1S/C23H23NO6/c1-4-27-20-13-16(10-11-19(20)29-14-21(25)28-5-2)12-18-23(26)30-22(24-18)17-9-7-6-8-15(17)3/h6-13H,4-5,14H2,1-3H3/b18-12-. The molecule has 7 nitrogen and oxygen atoms in total. The number of aryl methyl sites for hydroxylation is 1. The zero-order valence-electron chi connectivity index (χ0n) is 17.1.